The van der Waals surface area contributed by atoms with Crippen LogP contribution in [0.5, 0.6) is 0 Å². The molecule has 21 heavy (non-hydrogen) atoms. The topological polar surface area (TPSA) is 69.7 Å². The Balaban J connectivity index is 2.00. The Morgan fingerprint density at radius 1 is 1.05 bits per heavy atom. The van der Waals surface area contributed by atoms with Gasteiger partial charge in [-0.2, -0.15) is 0 Å². The van der Waals surface area contributed by atoms with Gasteiger partial charge in [-0.3, -0.25) is 4.79 Å². The van der Waals surface area contributed by atoms with E-state index < -0.39 is 10.0 Å². The molecule has 0 aliphatic carbocycles. The number of anilines is 1. The molecule has 2 saturated heterocycles. The lowest BCUT2D eigenvalue weighted by molar-refractivity contribution is -0.123. The minimum absolute atomic E-state index is 0.238. The van der Waals surface area contributed by atoms with Crippen molar-refractivity contribution < 1.29 is 13.2 Å². The third-order valence-corrected chi connectivity index (χ3v) is 5.79. The Morgan fingerprint density at radius 3 is 2.43 bits per heavy atom. The molecule has 0 atom stereocenters. The number of hydrogen-bond donors (Lipinski definition) is 1. The van der Waals surface area contributed by atoms with Gasteiger partial charge in [-0.05, 0) is 18.6 Å². The Labute approximate surface area is 124 Å². The summed E-state index contributed by atoms with van der Waals surface area (Å²) in [5.74, 6) is -0.301. The molecule has 0 spiro atoms. The highest BCUT2D eigenvalue weighted by Crippen LogP contribution is 2.30. The Morgan fingerprint density at radius 2 is 1.76 bits per heavy atom. The first-order valence-corrected chi connectivity index (χ1v) is 8.65. The number of piperazine rings is 1. The van der Waals surface area contributed by atoms with E-state index >= 15 is 0 Å². The fourth-order valence-corrected chi connectivity index (χ4v) is 4.52. The molecule has 114 valence electrons. The van der Waals surface area contributed by atoms with Crippen LogP contribution in [0.1, 0.15) is 12.8 Å². The maximum Gasteiger partial charge on any atom is 0.268 e. The zero-order chi connectivity index (χ0) is 14.9. The van der Waals surface area contributed by atoms with Crippen molar-refractivity contribution in [3.8, 4) is 0 Å². The van der Waals surface area contributed by atoms with Gasteiger partial charge in [0.05, 0.1) is 5.69 Å². The lowest BCUT2D eigenvalue weighted by atomic mass is 10.2. The lowest BCUT2D eigenvalue weighted by Gasteiger charge is -2.31. The molecule has 0 aromatic heterocycles. The highest BCUT2D eigenvalue weighted by atomic mass is 32.2. The van der Waals surface area contributed by atoms with Gasteiger partial charge in [0.15, 0.2) is 0 Å². The zero-order valence-corrected chi connectivity index (χ0v) is 12.6. The monoisotopic (exact) mass is 309 g/mol. The molecule has 6 nitrogen and oxygen atoms in total. The van der Waals surface area contributed by atoms with E-state index in [4.69, 9.17) is 0 Å². The normalized spacial score (nSPS) is 20.1. The smallest absolute Gasteiger partial charge is 0.268 e. The van der Waals surface area contributed by atoms with E-state index in [-0.39, 0.29) is 17.3 Å². The number of rotatable bonds is 3. The highest BCUT2D eigenvalue weighted by molar-refractivity contribution is 7.89. The van der Waals surface area contributed by atoms with Gasteiger partial charge in [0.25, 0.3) is 10.0 Å². The minimum atomic E-state index is -3.75. The molecule has 7 heteroatoms. The van der Waals surface area contributed by atoms with Crippen LogP contribution < -0.4 is 10.2 Å². The van der Waals surface area contributed by atoms with Crippen LogP contribution in [-0.4, -0.2) is 51.4 Å². The van der Waals surface area contributed by atoms with E-state index in [1.807, 2.05) is 12.1 Å². The lowest BCUT2D eigenvalue weighted by Crippen LogP contribution is -2.44. The molecule has 2 heterocycles. The third-order valence-electron chi connectivity index (χ3n) is 3.92. The van der Waals surface area contributed by atoms with E-state index in [1.165, 1.54) is 0 Å². The van der Waals surface area contributed by atoms with Crippen molar-refractivity contribution in [2.24, 2.45) is 0 Å². The van der Waals surface area contributed by atoms with Crippen molar-refractivity contribution in [3.63, 3.8) is 0 Å². The van der Waals surface area contributed by atoms with Gasteiger partial charge in [0, 0.05) is 39.1 Å². The predicted octanol–water partition coefficient (Wildman–Crippen LogP) is 0.407. The summed E-state index contributed by atoms with van der Waals surface area (Å²) in [5.41, 5.74) is 0.693. The summed E-state index contributed by atoms with van der Waals surface area (Å²) in [6, 6.07) is 6.96. The number of nitrogens with zero attached hydrogens (tertiary/aromatic N) is 2. The average Bonchev–Trinajstić information content (AvgIpc) is 2.95. The Bertz CT molecular complexity index is 639. The van der Waals surface area contributed by atoms with Gasteiger partial charge in [0.2, 0.25) is 5.91 Å². The van der Waals surface area contributed by atoms with Crippen molar-refractivity contribution >= 4 is 21.6 Å². The highest BCUT2D eigenvalue weighted by Gasteiger charge is 2.35. The number of benzene rings is 1. The summed E-state index contributed by atoms with van der Waals surface area (Å²) in [6.45, 7) is 3.48. The molecule has 1 amide bonds. The third kappa shape index (κ3) is 2.63. The van der Waals surface area contributed by atoms with E-state index in [0.29, 0.717) is 18.5 Å². The number of carbonyl (C=O) groups is 1. The number of para-hydroxylation sites is 1. The van der Waals surface area contributed by atoms with E-state index in [9.17, 15) is 13.2 Å². The summed E-state index contributed by atoms with van der Waals surface area (Å²) in [6.07, 6.45) is 0.920. The maximum atomic E-state index is 12.8. The van der Waals surface area contributed by atoms with Gasteiger partial charge in [-0.25, -0.2) is 12.7 Å². The molecule has 2 aliphatic heterocycles. The summed E-state index contributed by atoms with van der Waals surface area (Å²) < 4.78 is 26.6. The van der Waals surface area contributed by atoms with Gasteiger partial charge >= 0.3 is 0 Å². The Kier molecular flexibility index (Phi) is 3.86. The molecular weight excluding hydrogens is 290 g/mol. The average molecular weight is 309 g/mol. The van der Waals surface area contributed by atoms with Gasteiger partial charge in [-0.15, -0.1) is 0 Å². The van der Waals surface area contributed by atoms with Crippen molar-refractivity contribution in [2.45, 2.75) is 17.7 Å². The van der Waals surface area contributed by atoms with E-state index in [0.717, 1.165) is 30.5 Å². The van der Waals surface area contributed by atoms with Crippen LogP contribution in [0.25, 0.3) is 0 Å². The summed E-state index contributed by atoms with van der Waals surface area (Å²) in [5, 5.41) is 3.25. The number of nitrogens with one attached hydrogen (secondary N) is 1. The molecule has 2 aliphatic rings. The number of carbonyl (C=O) groups excluding carboxylic acids is 1. The Hall–Kier alpha value is -1.60. The summed E-state index contributed by atoms with van der Waals surface area (Å²) >= 11 is 0. The molecule has 2 fully saturated rings. The summed E-state index contributed by atoms with van der Waals surface area (Å²) in [4.78, 5) is 14.1. The van der Waals surface area contributed by atoms with Crippen molar-refractivity contribution in [1.29, 1.82) is 0 Å². The fourth-order valence-electron chi connectivity index (χ4n) is 2.84. The minimum Gasteiger partial charge on any atom is -0.368 e. The van der Waals surface area contributed by atoms with Crippen LogP contribution in [0, 0.1) is 0 Å². The van der Waals surface area contributed by atoms with Crippen molar-refractivity contribution in [2.75, 3.05) is 37.6 Å². The van der Waals surface area contributed by atoms with Crippen molar-refractivity contribution in [1.82, 2.24) is 9.62 Å². The van der Waals surface area contributed by atoms with Gasteiger partial charge < -0.3 is 10.2 Å². The van der Waals surface area contributed by atoms with Gasteiger partial charge in [0.1, 0.15) is 4.90 Å². The van der Waals surface area contributed by atoms with Crippen molar-refractivity contribution in [3.05, 3.63) is 24.3 Å². The van der Waals surface area contributed by atoms with Crippen LogP contribution in [0.15, 0.2) is 29.2 Å². The first-order valence-electron chi connectivity index (χ1n) is 7.21. The standard InChI is InChI=1S/C14H19N3O3S/c18-14-6-3-9-17(14)21(19,20)13-5-2-1-4-12(13)16-10-7-15-8-11-16/h1-2,4-5,15H,3,6-11H2. The second kappa shape index (κ2) is 5.65. The number of amides is 1. The molecule has 0 unspecified atom stereocenters. The summed E-state index contributed by atoms with van der Waals surface area (Å²) in [7, 11) is -3.75. The van der Waals surface area contributed by atoms with E-state index in [1.54, 1.807) is 12.1 Å². The van der Waals surface area contributed by atoms with Crippen LogP contribution in [-0.2, 0) is 14.8 Å². The quantitative estimate of drug-likeness (QED) is 0.875. The predicted molar refractivity (Wildman–Crippen MR) is 79.7 cm³/mol. The van der Waals surface area contributed by atoms with Gasteiger partial charge in [-0.1, -0.05) is 12.1 Å². The maximum absolute atomic E-state index is 12.8. The molecule has 0 bridgehead atoms. The zero-order valence-electron chi connectivity index (χ0n) is 11.8. The molecule has 3 rings (SSSR count). The first-order chi connectivity index (χ1) is 10.1. The number of hydrogen-bond acceptors (Lipinski definition) is 5. The molecular formula is C14H19N3O3S. The second-order valence-electron chi connectivity index (χ2n) is 5.28. The SMILES string of the molecule is O=C1CCCN1S(=O)(=O)c1ccccc1N1CCNCC1. The molecule has 1 aromatic carbocycles. The number of sulfonamides is 1. The fraction of sp³-hybridized carbons (Fsp3) is 0.500. The molecule has 1 aromatic rings. The van der Waals surface area contributed by atoms with E-state index in [2.05, 4.69) is 10.2 Å². The van der Waals surface area contributed by atoms with Crippen LogP contribution in [0.2, 0.25) is 0 Å². The molecule has 0 saturated carbocycles. The van der Waals surface area contributed by atoms with Crippen LogP contribution in [0.4, 0.5) is 5.69 Å². The first kappa shape index (κ1) is 14.3. The second-order valence-corrected chi connectivity index (χ2v) is 7.11. The molecule has 1 N–H and O–H groups in total. The van der Waals surface area contributed by atoms with Crippen LogP contribution >= 0.6 is 0 Å². The molecule has 0 radical (unpaired) electrons. The van der Waals surface area contributed by atoms with Crippen LogP contribution in [0.3, 0.4) is 0 Å². The largest absolute Gasteiger partial charge is 0.368 e.